The van der Waals surface area contributed by atoms with Crippen molar-refractivity contribution in [2.24, 2.45) is 5.92 Å². The Kier molecular flexibility index (Phi) is 6.09. The fourth-order valence-corrected chi connectivity index (χ4v) is 4.42. The van der Waals surface area contributed by atoms with Crippen LogP contribution in [0.3, 0.4) is 0 Å². The molecule has 1 atom stereocenters. The van der Waals surface area contributed by atoms with E-state index < -0.39 is 16.9 Å². The van der Waals surface area contributed by atoms with Gasteiger partial charge < -0.3 is 14.5 Å². The molecule has 1 aromatic carbocycles. The molecule has 2 amide bonds. The van der Waals surface area contributed by atoms with E-state index in [0.29, 0.717) is 29.4 Å². The molecule has 1 aromatic heterocycles. The third-order valence-corrected chi connectivity index (χ3v) is 6.54. The topological polar surface area (TPSA) is 67.7 Å². The van der Waals surface area contributed by atoms with Crippen LogP contribution in [0.1, 0.15) is 21.7 Å². The lowest BCUT2D eigenvalue weighted by Gasteiger charge is -2.20. The minimum atomic E-state index is -4.70. The van der Waals surface area contributed by atoms with Gasteiger partial charge in [-0.3, -0.25) is 14.3 Å². The van der Waals surface area contributed by atoms with Crippen LogP contribution in [-0.2, 0) is 17.5 Å². The van der Waals surface area contributed by atoms with Crippen molar-refractivity contribution in [1.82, 2.24) is 19.6 Å². The first-order chi connectivity index (χ1) is 15.5. The minimum Gasteiger partial charge on any atom is -0.495 e. The second kappa shape index (κ2) is 8.57. The van der Waals surface area contributed by atoms with E-state index in [1.807, 2.05) is 0 Å². The molecule has 0 N–H and O–H groups in total. The van der Waals surface area contributed by atoms with Gasteiger partial charge in [0, 0.05) is 37.3 Å². The second-order valence-electron chi connectivity index (χ2n) is 7.89. The van der Waals surface area contributed by atoms with E-state index >= 15 is 0 Å². The average molecular weight is 503 g/mol. The molecule has 2 aliphatic rings. The number of benzene rings is 1. The zero-order valence-corrected chi connectivity index (χ0v) is 19.1. The highest BCUT2D eigenvalue weighted by atomic mass is 35.5. The summed E-state index contributed by atoms with van der Waals surface area (Å²) in [5, 5.41) is 3.37. The molecule has 176 valence electrons. The number of rotatable bonds is 4. The van der Waals surface area contributed by atoms with Gasteiger partial charge in [0.2, 0.25) is 5.91 Å². The Balaban J connectivity index is 1.43. The standard InChI is InChI=1S/C21H19Cl2F3N4O3/c1-11-18(23)19(21(24,25)26)27-30(11)10-17(31)28-6-13-8-29(9-14(13)7-28)20(32)12-3-4-15(22)16(5-12)33-2/h3-5,8,14H,6-7,9-10H2,1-2H3. The van der Waals surface area contributed by atoms with E-state index in [1.54, 1.807) is 34.2 Å². The number of carbonyl (C=O) groups excluding carboxylic acids is 2. The predicted octanol–water partition coefficient (Wildman–Crippen LogP) is 4.02. The number of halogens is 5. The van der Waals surface area contributed by atoms with Gasteiger partial charge in [0.15, 0.2) is 5.69 Å². The first kappa shape index (κ1) is 23.4. The minimum absolute atomic E-state index is 0.0415. The Labute approximate surface area is 197 Å². The summed E-state index contributed by atoms with van der Waals surface area (Å²) in [6, 6.07) is 4.77. The summed E-state index contributed by atoms with van der Waals surface area (Å²) in [5.41, 5.74) is 0.200. The molecule has 7 nitrogen and oxygen atoms in total. The van der Waals surface area contributed by atoms with Crippen LogP contribution in [0.15, 0.2) is 30.0 Å². The Morgan fingerprint density at radius 3 is 2.58 bits per heavy atom. The van der Waals surface area contributed by atoms with Crippen molar-refractivity contribution >= 4 is 35.0 Å². The molecule has 4 rings (SSSR count). The van der Waals surface area contributed by atoms with E-state index in [9.17, 15) is 22.8 Å². The largest absolute Gasteiger partial charge is 0.495 e. The predicted molar refractivity (Wildman–Crippen MR) is 114 cm³/mol. The van der Waals surface area contributed by atoms with Gasteiger partial charge in [0.05, 0.1) is 22.8 Å². The first-order valence-electron chi connectivity index (χ1n) is 9.92. The zero-order chi connectivity index (χ0) is 24.1. The lowest BCUT2D eigenvalue weighted by atomic mass is 10.1. The van der Waals surface area contributed by atoms with E-state index in [4.69, 9.17) is 27.9 Å². The van der Waals surface area contributed by atoms with Crippen molar-refractivity contribution in [3.63, 3.8) is 0 Å². The van der Waals surface area contributed by atoms with Crippen LogP contribution in [0, 0.1) is 12.8 Å². The molecule has 3 heterocycles. The number of alkyl halides is 3. The molecule has 0 bridgehead atoms. The van der Waals surface area contributed by atoms with E-state index in [-0.39, 0.29) is 36.5 Å². The normalized spacial score (nSPS) is 17.9. The number of likely N-dealkylation sites (tertiary alicyclic amines) is 1. The number of carbonyl (C=O) groups is 2. The van der Waals surface area contributed by atoms with Crippen LogP contribution < -0.4 is 4.74 Å². The Morgan fingerprint density at radius 2 is 1.97 bits per heavy atom. The van der Waals surface area contributed by atoms with Crippen LogP contribution in [0.25, 0.3) is 0 Å². The highest BCUT2D eigenvalue weighted by molar-refractivity contribution is 6.32. The second-order valence-corrected chi connectivity index (χ2v) is 8.67. The molecule has 1 fully saturated rings. The Hall–Kier alpha value is -2.72. The van der Waals surface area contributed by atoms with Gasteiger partial charge in [-0.15, -0.1) is 0 Å². The number of fused-ring (bicyclic) bond motifs is 1. The van der Waals surface area contributed by atoms with Crippen molar-refractivity contribution < 1.29 is 27.5 Å². The van der Waals surface area contributed by atoms with Crippen molar-refractivity contribution in [2.45, 2.75) is 19.6 Å². The molecular weight excluding hydrogens is 484 g/mol. The van der Waals surface area contributed by atoms with Crippen LogP contribution >= 0.6 is 23.2 Å². The molecule has 0 spiro atoms. The molecule has 33 heavy (non-hydrogen) atoms. The fraction of sp³-hybridized carbons (Fsp3) is 0.381. The summed E-state index contributed by atoms with van der Waals surface area (Å²) in [6.45, 7) is 2.08. The molecule has 1 unspecified atom stereocenters. The van der Waals surface area contributed by atoms with Gasteiger partial charge in [-0.05, 0) is 30.7 Å². The van der Waals surface area contributed by atoms with Crippen molar-refractivity contribution in [3.8, 4) is 5.75 Å². The lowest BCUT2D eigenvalue weighted by Crippen LogP contribution is -2.35. The van der Waals surface area contributed by atoms with Crippen LogP contribution in [0.4, 0.5) is 13.2 Å². The molecule has 2 aromatic rings. The first-order valence-corrected chi connectivity index (χ1v) is 10.7. The molecule has 0 aliphatic carbocycles. The van der Waals surface area contributed by atoms with Crippen molar-refractivity contribution in [2.75, 3.05) is 26.7 Å². The maximum Gasteiger partial charge on any atom is 0.436 e. The van der Waals surface area contributed by atoms with Crippen LogP contribution in [-0.4, -0.2) is 58.1 Å². The highest BCUT2D eigenvalue weighted by Gasteiger charge is 2.40. The monoisotopic (exact) mass is 502 g/mol. The summed E-state index contributed by atoms with van der Waals surface area (Å²) in [6.07, 6.45) is -2.98. The molecule has 2 aliphatic heterocycles. The van der Waals surface area contributed by atoms with Gasteiger partial charge in [0.25, 0.3) is 5.91 Å². The maximum atomic E-state index is 13.0. The number of aromatic nitrogens is 2. The summed E-state index contributed by atoms with van der Waals surface area (Å²) >= 11 is 11.8. The summed E-state index contributed by atoms with van der Waals surface area (Å²) in [4.78, 5) is 28.7. The van der Waals surface area contributed by atoms with Gasteiger partial charge in [0.1, 0.15) is 12.3 Å². The van der Waals surface area contributed by atoms with Gasteiger partial charge in [-0.2, -0.15) is 18.3 Å². The molecule has 12 heteroatoms. The Morgan fingerprint density at radius 1 is 1.24 bits per heavy atom. The van der Waals surface area contributed by atoms with Crippen molar-refractivity contribution in [1.29, 1.82) is 0 Å². The summed E-state index contributed by atoms with van der Waals surface area (Å²) in [5.74, 6) is -0.234. The van der Waals surface area contributed by atoms with Crippen molar-refractivity contribution in [3.05, 3.63) is 57.0 Å². The quantitative estimate of drug-likeness (QED) is 0.633. The van der Waals surface area contributed by atoms with Gasteiger partial charge in [-0.1, -0.05) is 23.2 Å². The number of methoxy groups -OCH3 is 1. The number of amides is 2. The molecule has 1 saturated heterocycles. The number of hydrogen-bond acceptors (Lipinski definition) is 4. The van der Waals surface area contributed by atoms with Crippen LogP contribution in [0.2, 0.25) is 10.0 Å². The fourth-order valence-electron chi connectivity index (χ4n) is 3.99. The van der Waals surface area contributed by atoms with Crippen LogP contribution in [0.5, 0.6) is 5.75 Å². The molecule has 0 radical (unpaired) electrons. The maximum absolute atomic E-state index is 13.0. The van der Waals surface area contributed by atoms with E-state index in [2.05, 4.69) is 5.10 Å². The number of hydrogen-bond donors (Lipinski definition) is 0. The van der Waals surface area contributed by atoms with Gasteiger partial charge >= 0.3 is 6.18 Å². The number of nitrogens with zero attached hydrogens (tertiary/aromatic N) is 4. The molecular formula is C21H19Cl2F3N4O3. The summed E-state index contributed by atoms with van der Waals surface area (Å²) in [7, 11) is 1.46. The van der Waals surface area contributed by atoms with Gasteiger partial charge in [-0.25, -0.2) is 0 Å². The smallest absolute Gasteiger partial charge is 0.436 e. The lowest BCUT2D eigenvalue weighted by molar-refractivity contribution is -0.142. The number of ether oxygens (including phenoxy) is 1. The third-order valence-electron chi connectivity index (χ3n) is 5.78. The SMILES string of the molecule is COc1cc(C(=O)N2C=C3CN(C(=O)Cn4nc(C(F)(F)F)c(Cl)c4C)CC3C2)ccc1Cl. The highest BCUT2D eigenvalue weighted by Crippen LogP contribution is 2.36. The zero-order valence-electron chi connectivity index (χ0n) is 17.6. The van der Waals surface area contributed by atoms with E-state index in [1.165, 1.54) is 14.0 Å². The average Bonchev–Trinajstić information content (AvgIpc) is 3.41. The third kappa shape index (κ3) is 4.41. The summed E-state index contributed by atoms with van der Waals surface area (Å²) < 4.78 is 45.2. The molecule has 0 saturated carbocycles. The Bertz CT molecular complexity index is 1160. The van der Waals surface area contributed by atoms with E-state index in [0.717, 1.165) is 10.3 Å².